The Morgan fingerprint density at radius 1 is 1.00 bits per heavy atom. The Morgan fingerprint density at radius 3 is 2.26 bits per heavy atom. The molecule has 2 unspecified atom stereocenters. The molecular formula is C26H40ClN3O4S. The quantitative estimate of drug-likeness (QED) is 0.549. The number of likely N-dealkylation sites (tertiary alicyclic amines) is 2. The van der Waals surface area contributed by atoms with Gasteiger partial charge in [-0.15, -0.1) is 0 Å². The van der Waals surface area contributed by atoms with Crippen LogP contribution in [0.25, 0.3) is 0 Å². The van der Waals surface area contributed by atoms with Crippen LogP contribution in [0.1, 0.15) is 59.3 Å². The van der Waals surface area contributed by atoms with Gasteiger partial charge in [0.15, 0.2) is 0 Å². The largest absolute Gasteiger partial charge is 0.448 e. The number of ether oxygens (including phenoxy) is 1. The summed E-state index contributed by atoms with van der Waals surface area (Å²) in [5.74, 6) is 1.46. The predicted octanol–water partition coefficient (Wildman–Crippen LogP) is 4.85. The van der Waals surface area contributed by atoms with E-state index in [1.54, 1.807) is 17.0 Å². The van der Waals surface area contributed by atoms with Crippen molar-refractivity contribution in [2.45, 2.75) is 82.3 Å². The van der Waals surface area contributed by atoms with Crippen LogP contribution in [0.4, 0.5) is 4.79 Å². The van der Waals surface area contributed by atoms with Crippen LogP contribution in [0.15, 0.2) is 29.2 Å². The molecule has 1 aromatic rings. The molecule has 35 heavy (non-hydrogen) atoms. The fraction of sp³-hybridized carbons (Fsp3) is 0.731. The highest BCUT2D eigenvalue weighted by molar-refractivity contribution is 7.89. The van der Waals surface area contributed by atoms with Crippen LogP contribution >= 0.6 is 11.6 Å². The molecule has 3 aliphatic heterocycles. The molecule has 3 saturated heterocycles. The summed E-state index contributed by atoms with van der Waals surface area (Å²) >= 11 is 5.96. The zero-order valence-corrected chi connectivity index (χ0v) is 22.8. The van der Waals surface area contributed by atoms with Crippen molar-refractivity contribution < 1.29 is 17.9 Å². The minimum absolute atomic E-state index is 0.0804. The lowest BCUT2D eigenvalue weighted by atomic mass is 9.89. The second-order valence-electron chi connectivity index (χ2n) is 10.9. The lowest BCUT2D eigenvalue weighted by Crippen LogP contribution is -2.52. The summed E-state index contributed by atoms with van der Waals surface area (Å²) in [6.07, 6.45) is 5.28. The summed E-state index contributed by atoms with van der Waals surface area (Å²) in [5.41, 5.74) is 0. The Morgan fingerprint density at radius 2 is 1.63 bits per heavy atom. The van der Waals surface area contributed by atoms with E-state index in [1.807, 2.05) is 6.92 Å². The average Bonchev–Trinajstić information content (AvgIpc) is 2.82. The SMILES string of the molecule is CC1CC(C)CN(C2CCN(C(=O)OC[C@H]3CCC[C@@H](C)N3S(=O)(=O)c3ccc(Cl)cc3)CC2)C1. The Hall–Kier alpha value is -1.35. The number of halogens is 1. The molecule has 3 aliphatic rings. The summed E-state index contributed by atoms with van der Waals surface area (Å²) in [5, 5.41) is 0.495. The Labute approximate surface area is 215 Å². The molecule has 0 saturated carbocycles. The Bertz CT molecular complexity index is 955. The Balaban J connectivity index is 1.33. The van der Waals surface area contributed by atoms with Crippen molar-refractivity contribution in [1.29, 1.82) is 0 Å². The minimum Gasteiger partial charge on any atom is -0.448 e. The standard InChI is InChI=1S/C26H40ClN3O4S/c1-19-15-20(2)17-29(16-19)23-11-13-28(14-12-23)26(31)34-18-24-6-4-5-21(3)30(24)35(32,33)25-9-7-22(27)8-10-25/h7-10,19-21,23-24H,4-6,11-18H2,1-3H3/t19?,20?,21-,24-/m1/s1. The molecule has 0 aromatic heterocycles. The molecule has 4 atom stereocenters. The minimum atomic E-state index is -3.71. The number of hydrogen-bond acceptors (Lipinski definition) is 5. The van der Waals surface area contributed by atoms with Crippen molar-refractivity contribution in [3.8, 4) is 0 Å². The number of carbonyl (C=O) groups is 1. The van der Waals surface area contributed by atoms with E-state index >= 15 is 0 Å². The van der Waals surface area contributed by atoms with E-state index in [1.165, 1.54) is 22.9 Å². The number of amides is 1. The predicted molar refractivity (Wildman–Crippen MR) is 138 cm³/mol. The lowest BCUT2D eigenvalue weighted by Gasteiger charge is -2.43. The monoisotopic (exact) mass is 525 g/mol. The first-order valence-electron chi connectivity index (χ1n) is 13.1. The third kappa shape index (κ3) is 6.32. The van der Waals surface area contributed by atoms with E-state index in [2.05, 4.69) is 18.7 Å². The molecule has 0 bridgehead atoms. The maximum atomic E-state index is 13.4. The molecule has 3 heterocycles. The highest BCUT2D eigenvalue weighted by Gasteiger charge is 2.39. The van der Waals surface area contributed by atoms with E-state index in [-0.39, 0.29) is 29.7 Å². The maximum absolute atomic E-state index is 13.4. The first kappa shape index (κ1) is 26.7. The number of sulfonamides is 1. The summed E-state index contributed by atoms with van der Waals surface area (Å²) in [6.45, 7) is 10.3. The number of hydrogen-bond donors (Lipinski definition) is 0. The zero-order chi connectivity index (χ0) is 25.2. The van der Waals surface area contributed by atoms with Crippen molar-refractivity contribution in [3.63, 3.8) is 0 Å². The fourth-order valence-corrected chi connectivity index (χ4v) is 8.25. The molecule has 0 spiro atoms. The third-order valence-electron chi connectivity index (χ3n) is 7.88. The first-order valence-corrected chi connectivity index (χ1v) is 14.9. The van der Waals surface area contributed by atoms with Gasteiger partial charge < -0.3 is 9.64 Å². The maximum Gasteiger partial charge on any atom is 0.409 e. The van der Waals surface area contributed by atoms with Gasteiger partial charge in [0.25, 0.3) is 0 Å². The normalized spacial score (nSPS) is 29.8. The fourth-order valence-electron chi connectivity index (χ4n) is 6.26. The molecule has 1 amide bonds. The van der Waals surface area contributed by atoms with E-state index in [9.17, 15) is 13.2 Å². The molecule has 0 aliphatic carbocycles. The van der Waals surface area contributed by atoms with Crippen molar-refractivity contribution in [1.82, 2.24) is 14.1 Å². The van der Waals surface area contributed by atoms with Gasteiger partial charge in [0.2, 0.25) is 10.0 Å². The number of carbonyl (C=O) groups excluding carboxylic acids is 1. The van der Waals surface area contributed by atoms with E-state index in [0.29, 0.717) is 30.6 Å². The van der Waals surface area contributed by atoms with Gasteiger partial charge in [0.1, 0.15) is 6.61 Å². The van der Waals surface area contributed by atoms with E-state index in [0.717, 1.165) is 50.6 Å². The van der Waals surface area contributed by atoms with Gasteiger partial charge in [-0.2, -0.15) is 4.31 Å². The van der Waals surface area contributed by atoms with Gasteiger partial charge in [0, 0.05) is 43.3 Å². The van der Waals surface area contributed by atoms with Crippen molar-refractivity contribution >= 4 is 27.7 Å². The van der Waals surface area contributed by atoms with Crippen molar-refractivity contribution in [2.75, 3.05) is 32.8 Å². The van der Waals surface area contributed by atoms with Crippen molar-refractivity contribution in [3.05, 3.63) is 29.3 Å². The molecule has 3 fully saturated rings. The summed E-state index contributed by atoms with van der Waals surface area (Å²) in [6, 6.07) is 6.27. The molecule has 9 heteroatoms. The van der Waals surface area contributed by atoms with Gasteiger partial charge in [0.05, 0.1) is 10.9 Å². The molecule has 7 nitrogen and oxygen atoms in total. The van der Waals surface area contributed by atoms with Gasteiger partial charge in [-0.1, -0.05) is 31.9 Å². The van der Waals surface area contributed by atoms with E-state index < -0.39 is 10.0 Å². The number of rotatable bonds is 5. The van der Waals surface area contributed by atoms with Crippen LogP contribution in [-0.2, 0) is 14.8 Å². The molecule has 1 aromatic carbocycles. The molecule has 0 N–H and O–H groups in total. The highest BCUT2D eigenvalue weighted by Crippen LogP contribution is 2.31. The number of benzene rings is 1. The molecule has 4 rings (SSSR count). The second kappa shape index (κ2) is 11.4. The van der Waals surface area contributed by atoms with Gasteiger partial charge >= 0.3 is 6.09 Å². The van der Waals surface area contributed by atoms with Gasteiger partial charge in [-0.05, 0) is 75.1 Å². The number of nitrogens with zero attached hydrogens (tertiary/aromatic N) is 3. The van der Waals surface area contributed by atoms with Crippen molar-refractivity contribution in [2.24, 2.45) is 11.8 Å². The van der Waals surface area contributed by atoms with Crippen LogP contribution in [-0.4, -0.2) is 79.5 Å². The Kier molecular flexibility index (Phi) is 8.67. The number of piperidine rings is 3. The van der Waals surface area contributed by atoms with Crippen LogP contribution < -0.4 is 0 Å². The van der Waals surface area contributed by atoms with Gasteiger partial charge in [-0.25, -0.2) is 13.2 Å². The van der Waals surface area contributed by atoms with Crippen LogP contribution in [0, 0.1) is 11.8 Å². The zero-order valence-electron chi connectivity index (χ0n) is 21.2. The van der Waals surface area contributed by atoms with Crippen LogP contribution in [0.5, 0.6) is 0 Å². The smallest absolute Gasteiger partial charge is 0.409 e. The summed E-state index contributed by atoms with van der Waals surface area (Å²) in [7, 11) is -3.71. The summed E-state index contributed by atoms with van der Waals surface area (Å²) < 4.78 is 34.1. The summed E-state index contributed by atoms with van der Waals surface area (Å²) in [4.78, 5) is 17.5. The topological polar surface area (TPSA) is 70.2 Å². The first-order chi connectivity index (χ1) is 16.6. The third-order valence-corrected chi connectivity index (χ3v) is 10.2. The molecule has 0 radical (unpaired) electrons. The van der Waals surface area contributed by atoms with Gasteiger partial charge in [-0.3, -0.25) is 4.90 Å². The highest BCUT2D eigenvalue weighted by atomic mass is 35.5. The molecule has 196 valence electrons. The van der Waals surface area contributed by atoms with E-state index in [4.69, 9.17) is 16.3 Å². The van der Waals surface area contributed by atoms with Crippen LogP contribution in [0.2, 0.25) is 5.02 Å². The second-order valence-corrected chi connectivity index (χ2v) is 13.2. The lowest BCUT2D eigenvalue weighted by molar-refractivity contribution is 0.0352. The average molecular weight is 526 g/mol. The molecular weight excluding hydrogens is 486 g/mol. The van der Waals surface area contributed by atoms with Crippen LogP contribution in [0.3, 0.4) is 0 Å².